The van der Waals surface area contributed by atoms with E-state index >= 15 is 0 Å². The maximum atomic E-state index is 7.00. The summed E-state index contributed by atoms with van der Waals surface area (Å²) in [5.74, 6) is 0.573. The summed E-state index contributed by atoms with van der Waals surface area (Å²) in [4.78, 5) is 4.59. The normalized spacial score (nSPS) is 15.8. The second kappa shape index (κ2) is 6.20. The van der Waals surface area contributed by atoms with E-state index in [1.54, 1.807) is 0 Å². The molecule has 104 valence electrons. The van der Waals surface area contributed by atoms with Crippen molar-refractivity contribution in [2.24, 2.45) is 0 Å². The molecule has 0 aliphatic heterocycles. The van der Waals surface area contributed by atoms with Gasteiger partial charge in [-0.1, -0.05) is 26.7 Å². The molecule has 0 amide bonds. The molecule has 1 N–H and O–H groups in total. The Balaban J connectivity index is 0.000000637. The van der Waals surface area contributed by atoms with Gasteiger partial charge in [-0.2, -0.15) is 0 Å². The Bertz CT molecular complexity index is 525. The summed E-state index contributed by atoms with van der Waals surface area (Å²) in [6.45, 7) is 4.53. The molecule has 1 fully saturated rings. The lowest BCUT2D eigenvalue weighted by Crippen LogP contribution is -2.03. The lowest BCUT2D eigenvalue weighted by atomic mass is 10.0. The summed E-state index contributed by atoms with van der Waals surface area (Å²) in [5, 5.41) is 8.34. The third-order valence-electron chi connectivity index (χ3n) is 3.96. The van der Waals surface area contributed by atoms with E-state index in [1.807, 2.05) is 12.3 Å². The average Bonchev–Trinajstić information content (AvgIpc) is 3.08. The fraction of sp³-hybridized carbons (Fsp3) is 0.562. The topological polar surface area (TPSA) is 38.0 Å². The summed E-state index contributed by atoms with van der Waals surface area (Å²) >= 11 is 0. The van der Waals surface area contributed by atoms with Crippen molar-refractivity contribution in [2.45, 2.75) is 51.5 Å². The predicted octanol–water partition coefficient (Wildman–Crippen LogP) is 3.88. The Morgan fingerprint density at radius 2 is 1.95 bits per heavy atom. The Kier molecular flexibility index (Phi) is 4.59. The monoisotopic (exact) mass is 260 g/mol. The van der Waals surface area contributed by atoms with Crippen molar-refractivity contribution in [1.82, 2.24) is 9.55 Å². The number of nitrogens with zero attached hydrogens (tertiary/aromatic N) is 2. The summed E-state index contributed by atoms with van der Waals surface area (Å²) in [7, 11) is 1.00. The maximum Gasteiger partial charge on any atom is 0.140 e. The first-order chi connectivity index (χ1) is 9.27. The van der Waals surface area contributed by atoms with Crippen LogP contribution in [0.4, 0.5) is 0 Å². The van der Waals surface area contributed by atoms with Gasteiger partial charge >= 0.3 is 0 Å². The first-order valence-electron chi connectivity index (χ1n) is 7.17. The van der Waals surface area contributed by atoms with E-state index in [9.17, 15) is 0 Å². The minimum atomic E-state index is 0.573. The van der Waals surface area contributed by atoms with Gasteiger partial charge in [0.2, 0.25) is 0 Å². The quantitative estimate of drug-likeness (QED) is 0.889. The number of hydrogen-bond donors (Lipinski definition) is 1. The van der Waals surface area contributed by atoms with E-state index in [0.717, 1.165) is 7.11 Å². The van der Waals surface area contributed by atoms with Crippen molar-refractivity contribution >= 4 is 11.0 Å². The van der Waals surface area contributed by atoms with E-state index in [1.165, 1.54) is 42.3 Å². The van der Waals surface area contributed by atoms with Crippen molar-refractivity contribution in [2.75, 3.05) is 7.11 Å². The Labute approximate surface area is 115 Å². The van der Waals surface area contributed by atoms with Gasteiger partial charge in [0.15, 0.2) is 0 Å². The molecule has 1 aliphatic rings. The molecule has 3 heteroatoms. The third kappa shape index (κ3) is 2.66. The molecule has 1 aliphatic carbocycles. The van der Waals surface area contributed by atoms with E-state index in [0.29, 0.717) is 12.0 Å². The van der Waals surface area contributed by atoms with Crippen LogP contribution in [0.2, 0.25) is 0 Å². The first kappa shape index (κ1) is 14.1. The van der Waals surface area contributed by atoms with Gasteiger partial charge < -0.3 is 9.67 Å². The number of aromatic nitrogens is 2. The molecule has 0 unspecified atom stereocenters. The van der Waals surface area contributed by atoms with E-state index in [4.69, 9.17) is 5.11 Å². The minimum Gasteiger partial charge on any atom is -0.400 e. The molecule has 3 rings (SSSR count). The smallest absolute Gasteiger partial charge is 0.140 e. The molecule has 0 radical (unpaired) electrons. The Morgan fingerprint density at radius 3 is 2.58 bits per heavy atom. The highest BCUT2D eigenvalue weighted by Gasteiger charge is 2.21. The van der Waals surface area contributed by atoms with Gasteiger partial charge in [-0.25, -0.2) is 4.98 Å². The molecular weight excluding hydrogens is 236 g/mol. The molecular formula is C16H24N2O. The van der Waals surface area contributed by atoms with Crippen molar-refractivity contribution in [3.63, 3.8) is 0 Å². The first-order valence-corrected chi connectivity index (χ1v) is 7.17. The fourth-order valence-electron chi connectivity index (χ4n) is 3.03. The highest BCUT2D eigenvalue weighted by atomic mass is 16.2. The number of fused-ring (bicyclic) bond motifs is 1. The fourth-order valence-corrected chi connectivity index (χ4v) is 3.03. The van der Waals surface area contributed by atoms with Crippen LogP contribution in [0.25, 0.3) is 11.0 Å². The second-order valence-corrected chi connectivity index (χ2v) is 5.46. The summed E-state index contributed by atoms with van der Waals surface area (Å²) in [5.41, 5.74) is 2.63. The lowest BCUT2D eigenvalue weighted by Gasteiger charge is -2.12. The summed E-state index contributed by atoms with van der Waals surface area (Å²) < 4.78 is 2.43. The molecule has 1 saturated carbocycles. The van der Waals surface area contributed by atoms with E-state index in [-0.39, 0.29) is 0 Å². The lowest BCUT2D eigenvalue weighted by molar-refractivity contribution is 0.399. The molecule has 19 heavy (non-hydrogen) atoms. The van der Waals surface area contributed by atoms with Gasteiger partial charge in [-0.15, -0.1) is 0 Å². The highest BCUT2D eigenvalue weighted by molar-refractivity contribution is 5.81. The molecule has 0 spiro atoms. The molecule has 2 heterocycles. The summed E-state index contributed by atoms with van der Waals surface area (Å²) in [6, 6.07) is 4.94. The zero-order valence-electron chi connectivity index (χ0n) is 12.1. The van der Waals surface area contributed by atoms with Crippen molar-refractivity contribution in [1.29, 1.82) is 0 Å². The Morgan fingerprint density at radius 1 is 1.26 bits per heavy atom. The van der Waals surface area contributed by atoms with Gasteiger partial charge in [0.05, 0.1) is 0 Å². The predicted molar refractivity (Wildman–Crippen MR) is 79.5 cm³/mol. The van der Waals surface area contributed by atoms with E-state index in [2.05, 4.69) is 35.7 Å². The molecule has 0 aromatic carbocycles. The number of hydrogen-bond acceptors (Lipinski definition) is 2. The van der Waals surface area contributed by atoms with Crippen LogP contribution in [0.5, 0.6) is 0 Å². The third-order valence-corrected chi connectivity index (χ3v) is 3.96. The van der Waals surface area contributed by atoms with Crippen LogP contribution in [0.15, 0.2) is 24.5 Å². The van der Waals surface area contributed by atoms with Crippen LogP contribution in [0.3, 0.4) is 0 Å². The molecule has 0 saturated heterocycles. The standard InChI is InChI=1S/C15H20N2.CH4O/c1-11(2)14-10-17(12-6-3-4-7-12)15-13(14)8-5-9-16-15;1-2/h5,8-12H,3-4,6-7H2,1-2H3;2H,1H3. The van der Waals surface area contributed by atoms with Crippen LogP contribution < -0.4 is 0 Å². The van der Waals surface area contributed by atoms with E-state index < -0.39 is 0 Å². The number of rotatable bonds is 2. The molecule has 0 bridgehead atoms. The Hall–Kier alpha value is -1.35. The zero-order valence-corrected chi connectivity index (χ0v) is 12.1. The van der Waals surface area contributed by atoms with Gasteiger partial charge in [0.1, 0.15) is 5.65 Å². The van der Waals surface area contributed by atoms with Crippen LogP contribution in [0, 0.1) is 0 Å². The van der Waals surface area contributed by atoms with Gasteiger partial charge in [-0.05, 0) is 36.5 Å². The van der Waals surface area contributed by atoms with Crippen molar-refractivity contribution in [3.8, 4) is 0 Å². The molecule has 3 nitrogen and oxygen atoms in total. The van der Waals surface area contributed by atoms with Crippen molar-refractivity contribution in [3.05, 3.63) is 30.1 Å². The number of pyridine rings is 1. The maximum absolute atomic E-state index is 7.00. The molecule has 2 aromatic heterocycles. The molecule has 2 aromatic rings. The second-order valence-electron chi connectivity index (χ2n) is 5.46. The minimum absolute atomic E-state index is 0.573. The number of aliphatic hydroxyl groups excluding tert-OH is 1. The largest absolute Gasteiger partial charge is 0.400 e. The summed E-state index contributed by atoms with van der Waals surface area (Å²) in [6.07, 6.45) is 9.63. The zero-order chi connectivity index (χ0) is 13.8. The highest BCUT2D eigenvalue weighted by Crippen LogP contribution is 2.35. The van der Waals surface area contributed by atoms with Crippen LogP contribution in [-0.4, -0.2) is 21.8 Å². The van der Waals surface area contributed by atoms with Gasteiger partial charge in [0.25, 0.3) is 0 Å². The number of aliphatic hydroxyl groups is 1. The average molecular weight is 260 g/mol. The van der Waals surface area contributed by atoms with Crippen LogP contribution in [-0.2, 0) is 0 Å². The molecule has 0 atom stereocenters. The van der Waals surface area contributed by atoms with Gasteiger partial charge in [0, 0.05) is 30.9 Å². The van der Waals surface area contributed by atoms with Crippen LogP contribution in [0.1, 0.15) is 57.1 Å². The SMILES string of the molecule is CC(C)c1cn(C2CCCC2)c2ncccc12.CO. The van der Waals surface area contributed by atoms with Crippen LogP contribution >= 0.6 is 0 Å². The van der Waals surface area contributed by atoms with Crippen molar-refractivity contribution < 1.29 is 5.11 Å². The van der Waals surface area contributed by atoms with Gasteiger partial charge in [-0.3, -0.25) is 0 Å².